The Bertz CT molecular complexity index is 700. The van der Waals surface area contributed by atoms with E-state index in [1.807, 2.05) is 13.0 Å². The Balaban J connectivity index is 1.71. The number of rotatable bonds is 3. The summed E-state index contributed by atoms with van der Waals surface area (Å²) in [4.78, 5) is 14.4. The lowest BCUT2D eigenvalue weighted by atomic mass is 10.2. The Kier molecular flexibility index (Phi) is 4.73. The molecule has 3 rings (SSSR count). The highest BCUT2D eigenvalue weighted by Gasteiger charge is 2.15. The van der Waals surface area contributed by atoms with Crippen LogP contribution in [-0.2, 0) is 4.74 Å². The van der Waals surface area contributed by atoms with E-state index in [0.717, 1.165) is 24.5 Å². The van der Waals surface area contributed by atoms with Crippen molar-refractivity contribution in [1.82, 2.24) is 10.2 Å². The average Bonchev–Trinajstić information content (AvgIpc) is 2.59. The molecule has 2 heterocycles. The largest absolute Gasteiger partial charge is 0.378 e. The number of halogens is 1. The Morgan fingerprint density at radius 1 is 1.22 bits per heavy atom. The predicted molar refractivity (Wildman–Crippen MR) is 89.2 cm³/mol. The number of nitrogens with one attached hydrogen (secondary N) is 1. The van der Waals surface area contributed by atoms with Crippen molar-refractivity contribution in [2.24, 2.45) is 0 Å². The zero-order valence-electron chi connectivity index (χ0n) is 12.8. The maximum atomic E-state index is 12.3. The highest BCUT2D eigenvalue weighted by Crippen LogP contribution is 2.21. The minimum absolute atomic E-state index is 0.265. The summed E-state index contributed by atoms with van der Waals surface area (Å²) in [6.07, 6.45) is 0. The summed E-state index contributed by atoms with van der Waals surface area (Å²) in [6.45, 7) is 4.82. The smallest absolute Gasteiger partial charge is 0.276 e. The minimum atomic E-state index is -0.309. The molecular weight excluding hydrogens is 316 g/mol. The quantitative estimate of drug-likeness (QED) is 0.935. The van der Waals surface area contributed by atoms with E-state index in [9.17, 15) is 4.79 Å². The molecule has 1 amide bonds. The third kappa shape index (κ3) is 3.78. The van der Waals surface area contributed by atoms with Crippen LogP contribution < -0.4 is 10.2 Å². The van der Waals surface area contributed by atoms with Crippen LogP contribution in [0, 0.1) is 6.92 Å². The molecule has 7 heteroatoms. The van der Waals surface area contributed by atoms with Crippen molar-refractivity contribution >= 4 is 29.0 Å². The normalized spacial score (nSPS) is 14.6. The van der Waals surface area contributed by atoms with Crippen molar-refractivity contribution in [3.8, 4) is 0 Å². The number of aromatic nitrogens is 2. The summed E-state index contributed by atoms with van der Waals surface area (Å²) in [5, 5.41) is 11.5. The van der Waals surface area contributed by atoms with Crippen molar-refractivity contribution < 1.29 is 9.53 Å². The molecule has 23 heavy (non-hydrogen) atoms. The number of ether oxygens (including phenoxy) is 1. The van der Waals surface area contributed by atoms with Crippen LogP contribution in [0.15, 0.2) is 30.3 Å². The number of morpholine rings is 1. The summed E-state index contributed by atoms with van der Waals surface area (Å²) in [5.41, 5.74) is 1.86. The summed E-state index contributed by atoms with van der Waals surface area (Å²) < 4.78 is 5.31. The SMILES string of the molecule is Cc1ccc(Cl)cc1NC(=O)c1ccc(N2CCOCC2)nn1. The maximum Gasteiger partial charge on any atom is 0.276 e. The lowest BCUT2D eigenvalue weighted by Crippen LogP contribution is -2.37. The van der Waals surface area contributed by atoms with E-state index in [4.69, 9.17) is 16.3 Å². The summed E-state index contributed by atoms with van der Waals surface area (Å²) in [5.74, 6) is 0.445. The van der Waals surface area contributed by atoms with E-state index in [2.05, 4.69) is 20.4 Å². The third-order valence-electron chi connectivity index (χ3n) is 3.67. The molecule has 1 aliphatic heterocycles. The van der Waals surface area contributed by atoms with E-state index in [1.165, 1.54) is 0 Å². The van der Waals surface area contributed by atoms with Gasteiger partial charge in [0.25, 0.3) is 5.91 Å². The van der Waals surface area contributed by atoms with E-state index in [0.29, 0.717) is 23.9 Å². The second-order valence-corrected chi connectivity index (χ2v) is 5.73. The molecular formula is C16H17ClN4O2. The zero-order valence-corrected chi connectivity index (χ0v) is 13.5. The van der Waals surface area contributed by atoms with Gasteiger partial charge in [0.2, 0.25) is 0 Å². The first-order chi connectivity index (χ1) is 11.1. The fourth-order valence-electron chi connectivity index (χ4n) is 2.32. The molecule has 1 aliphatic rings. The maximum absolute atomic E-state index is 12.3. The number of hydrogen-bond acceptors (Lipinski definition) is 5. The number of hydrogen-bond donors (Lipinski definition) is 1. The summed E-state index contributed by atoms with van der Waals surface area (Å²) in [6, 6.07) is 8.82. The van der Waals surface area contributed by atoms with Gasteiger partial charge < -0.3 is 15.0 Å². The van der Waals surface area contributed by atoms with Crippen molar-refractivity contribution in [2.75, 3.05) is 36.5 Å². The Labute approximate surface area is 139 Å². The first-order valence-electron chi connectivity index (χ1n) is 7.37. The molecule has 1 saturated heterocycles. The van der Waals surface area contributed by atoms with E-state index in [-0.39, 0.29) is 11.6 Å². The van der Waals surface area contributed by atoms with Gasteiger partial charge in [-0.15, -0.1) is 10.2 Å². The van der Waals surface area contributed by atoms with Crippen LogP contribution in [0.1, 0.15) is 16.1 Å². The number of amides is 1. The molecule has 0 radical (unpaired) electrons. The first-order valence-corrected chi connectivity index (χ1v) is 7.75. The predicted octanol–water partition coefficient (Wildman–Crippen LogP) is 2.53. The highest BCUT2D eigenvalue weighted by atomic mass is 35.5. The number of nitrogens with zero attached hydrogens (tertiary/aromatic N) is 3. The van der Waals surface area contributed by atoms with Gasteiger partial charge in [-0.25, -0.2) is 0 Å². The lowest BCUT2D eigenvalue weighted by molar-refractivity contribution is 0.102. The number of carbonyl (C=O) groups excluding carboxylic acids is 1. The summed E-state index contributed by atoms with van der Waals surface area (Å²) >= 11 is 5.96. The molecule has 0 unspecified atom stereocenters. The standard InChI is InChI=1S/C16H17ClN4O2/c1-11-2-3-12(17)10-14(11)18-16(22)13-4-5-15(20-19-13)21-6-8-23-9-7-21/h2-5,10H,6-9H2,1H3,(H,18,22). The van der Waals surface area contributed by atoms with Crippen LogP contribution in [0.25, 0.3) is 0 Å². The molecule has 1 N–H and O–H groups in total. The molecule has 1 aromatic heterocycles. The first kappa shape index (κ1) is 15.7. The molecule has 6 nitrogen and oxygen atoms in total. The fraction of sp³-hybridized carbons (Fsp3) is 0.312. The molecule has 0 saturated carbocycles. The second kappa shape index (κ2) is 6.93. The fourth-order valence-corrected chi connectivity index (χ4v) is 2.49. The van der Waals surface area contributed by atoms with Gasteiger partial charge in [-0.2, -0.15) is 0 Å². The van der Waals surface area contributed by atoms with Gasteiger partial charge in [0.15, 0.2) is 11.5 Å². The third-order valence-corrected chi connectivity index (χ3v) is 3.90. The van der Waals surface area contributed by atoms with Gasteiger partial charge >= 0.3 is 0 Å². The van der Waals surface area contributed by atoms with Gasteiger partial charge in [-0.05, 0) is 36.8 Å². The van der Waals surface area contributed by atoms with Gasteiger partial charge in [-0.3, -0.25) is 4.79 Å². The van der Waals surface area contributed by atoms with Crippen molar-refractivity contribution in [2.45, 2.75) is 6.92 Å². The molecule has 120 valence electrons. The Hall–Kier alpha value is -2.18. The number of carbonyl (C=O) groups is 1. The van der Waals surface area contributed by atoms with Gasteiger partial charge in [-0.1, -0.05) is 17.7 Å². The molecule has 1 fully saturated rings. The molecule has 0 aliphatic carbocycles. The Morgan fingerprint density at radius 2 is 2.00 bits per heavy atom. The molecule has 0 bridgehead atoms. The molecule has 2 aromatic rings. The van der Waals surface area contributed by atoms with Crippen LogP contribution in [0.3, 0.4) is 0 Å². The van der Waals surface area contributed by atoms with Crippen molar-refractivity contribution in [3.63, 3.8) is 0 Å². The monoisotopic (exact) mass is 332 g/mol. The summed E-state index contributed by atoms with van der Waals surface area (Å²) in [7, 11) is 0. The van der Waals surface area contributed by atoms with Crippen molar-refractivity contribution in [3.05, 3.63) is 46.6 Å². The van der Waals surface area contributed by atoms with Gasteiger partial charge in [0.05, 0.1) is 13.2 Å². The zero-order chi connectivity index (χ0) is 16.2. The van der Waals surface area contributed by atoms with Gasteiger partial charge in [0.1, 0.15) is 0 Å². The molecule has 1 aromatic carbocycles. The second-order valence-electron chi connectivity index (χ2n) is 5.29. The van der Waals surface area contributed by atoms with Crippen LogP contribution in [0.2, 0.25) is 5.02 Å². The number of anilines is 2. The van der Waals surface area contributed by atoms with Crippen LogP contribution in [-0.4, -0.2) is 42.4 Å². The van der Waals surface area contributed by atoms with Crippen LogP contribution in [0.5, 0.6) is 0 Å². The van der Waals surface area contributed by atoms with Crippen LogP contribution in [0.4, 0.5) is 11.5 Å². The van der Waals surface area contributed by atoms with Crippen LogP contribution >= 0.6 is 11.6 Å². The number of benzene rings is 1. The Morgan fingerprint density at radius 3 is 2.70 bits per heavy atom. The molecule has 0 atom stereocenters. The lowest BCUT2D eigenvalue weighted by Gasteiger charge is -2.27. The minimum Gasteiger partial charge on any atom is -0.378 e. The average molecular weight is 333 g/mol. The van der Waals surface area contributed by atoms with E-state index >= 15 is 0 Å². The topological polar surface area (TPSA) is 67.4 Å². The van der Waals surface area contributed by atoms with E-state index in [1.54, 1.807) is 24.3 Å². The van der Waals surface area contributed by atoms with E-state index < -0.39 is 0 Å². The molecule has 0 spiro atoms. The van der Waals surface area contributed by atoms with Gasteiger partial charge in [0, 0.05) is 23.8 Å². The number of aryl methyl sites for hydroxylation is 1. The highest BCUT2D eigenvalue weighted by molar-refractivity contribution is 6.31. The van der Waals surface area contributed by atoms with Crippen molar-refractivity contribution in [1.29, 1.82) is 0 Å².